The van der Waals surface area contributed by atoms with Crippen molar-refractivity contribution in [2.24, 2.45) is 23.2 Å². The summed E-state index contributed by atoms with van der Waals surface area (Å²) in [6.07, 6.45) is 4.42. The minimum absolute atomic E-state index is 0.0892. The Hall–Kier alpha value is -2.60. The number of esters is 1. The van der Waals surface area contributed by atoms with Gasteiger partial charge in [-0.1, -0.05) is 20.8 Å². The number of nitrogens with one attached hydrogen (secondary N) is 1. The van der Waals surface area contributed by atoms with Crippen molar-refractivity contribution in [1.82, 2.24) is 15.1 Å². The van der Waals surface area contributed by atoms with Gasteiger partial charge in [-0.15, -0.1) is 11.8 Å². The summed E-state index contributed by atoms with van der Waals surface area (Å²) in [5.41, 5.74) is -0.427. The van der Waals surface area contributed by atoms with Gasteiger partial charge in [-0.3, -0.25) is 19.3 Å². The normalized spacial score (nSPS) is 25.5. The predicted molar refractivity (Wildman–Crippen MR) is 138 cm³/mol. The molecule has 2 aliphatic carbocycles. The van der Waals surface area contributed by atoms with Crippen LogP contribution in [0.4, 0.5) is 4.79 Å². The van der Waals surface area contributed by atoms with Crippen LogP contribution in [-0.4, -0.2) is 85.5 Å². The topological polar surface area (TPSA) is 105 Å². The molecule has 2 fully saturated rings. The van der Waals surface area contributed by atoms with E-state index in [0.717, 1.165) is 32.1 Å². The fraction of sp³-hybridized carbons (Fsp3) is 0.786. The van der Waals surface area contributed by atoms with Crippen molar-refractivity contribution in [3.63, 3.8) is 0 Å². The molecule has 0 radical (unpaired) electrons. The number of fused-ring (bicyclic) bond motifs is 1. The van der Waals surface area contributed by atoms with Crippen molar-refractivity contribution in [2.75, 3.05) is 45.9 Å². The number of Topliss-reactive ketones (excluding diaryl/α,β-unsaturated/α-hetero) is 1. The first-order valence-electron chi connectivity index (χ1n) is 13.7. The molecule has 0 aromatic carbocycles. The Balaban J connectivity index is 1.40. The highest BCUT2D eigenvalue weighted by molar-refractivity contribution is 5.86. The zero-order chi connectivity index (χ0) is 27.0. The highest BCUT2D eigenvalue weighted by Gasteiger charge is 2.49. The molecule has 0 bridgehead atoms. The Labute approximate surface area is 221 Å². The molecule has 1 aliphatic heterocycles. The van der Waals surface area contributed by atoms with Gasteiger partial charge in [0.1, 0.15) is 6.61 Å². The molecular weight excluding hydrogens is 474 g/mol. The van der Waals surface area contributed by atoms with E-state index in [1.807, 2.05) is 25.7 Å². The van der Waals surface area contributed by atoms with Gasteiger partial charge in [-0.2, -0.15) is 0 Å². The molecule has 206 valence electrons. The Bertz CT molecular complexity index is 889. The molecule has 1 N–H and O–H groups in total. The standard InChI is InChI=1S/C28H43N3O6/c1-5-28(3,4)25(33)17-30-14-15-31(16-21(30)18-36-20(2)32)26(34)12-13-29-27(35)37-19-24-22-10-8-6-7-9-11-23(22)24/h21-24H,5,8-19H2,1-4H3,(H,29,35)/t21?,22-,23+,24?. The van der Waals surface area contributed by atoms with E-state index in [4.69, 9.17) is 9.47 Å². The summed E-state index contributed by atoms with van der Waals surface area (Å²) in [6.45, 7) is 9.57. The fourth-order valence-electron chi connectivity index (χ4n) is 5.23. The second-order valence-electron chi connectivity index (χ2n) is 11.1. The number of hydrogen-bond acceptors (Lipinski definition) is 7. The van der Waals surface area contributed by atoms with E-state index in [-0.39, 0.29) is 43.8 Å². The van der Waals surface area contributed by atoms with Crippen LogP contribution in [0.25, 0.3) is 0 Å². The highest BCUT2D eigenvalue weighted by Crippen LogP contribution is 2.52. The maximum Gasteiger partial charge on any atom is 0.407 e. The molecule has 1 saturated carbocycles. The van der Waals surface area contributed by atoms with Crippen molar-refractivity contribution in [1.29, 1.82) is 0 Å². The van der Waals surface area contributed by atoms with Crippen molar-refractivity contribution >= 4 is 23.8 Å². The number of amides is 2. The van der Waals surface area contributed by atoms with Crippen molar-refractivity contribution in [3.05, 3.63) is 0 Å². The summed E-state index contributed by atoms with van der Waals surface area (Å²) in [5, 5.41) is 2.69. The zero-order valence-corrected chi connectivity index (χ0v) is 22.8. The Morgan fingerprint density at radius 2 is 1.68 bits per heavy atom. The van der Waals surface area contributed by atoms with Crippen LogP contribution in [0.3, 0.4) is 0 Å². The molecule has 2 amide bonds. The molecule has 1 saturated heterocycles. The van der Waals surface area contributed by atoms with Crippen molar-refractivity contribution < 1.29 is 28.7 Å². The van der Waals surface area contributed by atoms with E-state index < -0.39 is 17.5 Å². The molecule has 4 atom stereocenters. The summed E-state index contributed by atoms with van der Waals surface area (Å²) < 4.78 is 10.7. The number of hydrogen-bond donors (Lipinski definition) is 1. The van der Waals surface area contributed by atoms with Crippen LogP contribution in [0, 0.1) is 35.0 Å². The number of ketones is 1. The Morgan fingerprint density at radius 3 is 2.30 bits per heavy atom. The van der Waals surface area contributed by atoms with Gasteiger partial charge >= 0.3 is 12.1 Å². The van der Waals surface area contributed by atoms with Crippen LogP contribution in [0.15, 0.2) is 0 Å². The van der Waals surface area contributed by atoms with E-state index in [1.54, 1.807) is 4.90 Å². The molecule has 37 heavy (non-hydrogen) atoms. The van der Waals surface area contributed by atoms with E-state index in [9.17, 15) is 19.2 Å². The van der Waals surface area contributed by atoms with E-state index in [1.165, 1.54) is 6.92 Å². The second kappa shape index (κ2) is 13.3. The minimum atomic E-state index is -0.488. The number of carbonyl (C=O) groups excluding carboxylic acids is 4. The lowest BCUT2D eigenvalue weighted by Gasteiger charge is -2.41. The first-order chi connectivity index (χ1) is 17.6. The molecule has 1 heterocycles. The number of piperazine rings is 1. The van der Waals surface area contributed by atoms with Crippen molar-refractivity contribution in [3.8, 4) is 11.8 Å². The third-order valence-corrected chi connectivity index (χ3v) is 8.28. The lowest BCUT2D eigenvalue weighted by Crippen LogP contribution is -2.58. The average molecular weight is 518 g/mol. The van der Waals surface area contributed by atoms with Crippen LogP contribution in [0.5, 0.6) is 0 Å². The molecular formula is C28H43N3O6. The summed E-state index contributed by atoms with van der Waals surface area (Å²) in [6, 6.07) is -0.253. The SMILES string of the molecule is CCC(C)(C)C(=O)CN1CCN(C(=O)CCNC(=O)OCC2[C@H]3CCC#CCC[C@@H]23)CC1COC(C)=O. The van der Waals surface area contributed by atoms with Gasteiger partial charge in [0.15, 0.2) is 5.78 Å². The van der Waals surface area contributed by atoms with E-state index in [0.29, 0.717) is 44.0 Å². The molecule has 0 aromatic rings. The lowest BCUT2D eigenvalue weighted by molar-refractivity contribution is -0.145. The van der Waals surface area contributed by atoms with Crippen LogP contribution in [0.1, 0.15) is 66.2 Å². The van der Waals surface area contributed by atoms with Gasteiger partial charge in [0.05, 0.1) is 19.2 Å². The quantitative estimate of drug-likeness (QED) is 0.332. The van der Waals surface area contributed by atoms with Gasteiger partial charge in [0.2, 0.25) is 5.91 Å². The van der Waals surface area contributed by atoms with Crippen LogP contribution in [0.2, 0.25) is 0 Å². The molecule has 3 rings (SSSR count). The van der Waals surface area contributed by atoms with E-state index in [2.05, 4.69) is 17.2 Å². The summed E-state index contributed by atoms with van der Waals surface area (Å²) in [4.78, 5) is 52.9. The average Bonchev–Trinajstić information content (AvgIpc) is 3.50. The fourth-order valence-corrected chi connectivity index (χ4v) is 5.23. The predicted octanol–water partition coefficient (Wildman–Crippen LogP) is 2.62. The van der Waals surface area contributed by atoms with E-state index >= 15 is 0 Å². The van der Waals surface area contributed by atoms with Gasteiger partial charge in [-0.05, 0) is 37.0 Å². The highest BCUT2D eigenvalue weighted by atomic mass is 16.5. The molecule has 9 nitrogen and oxygen atoms in total. The third-order valence-electron chi connectivity index (χ3n) is 8.28. The maximum absolute atomic E-state index is 12.8. The monoisotopic (exact) mass is 517 g/mol. The van der Waals surface area contributed by atoms with Crippen LogP contribution in [-0.2, 0) is 23.9 Å². The first-order valence-corrected chi connectivity index (χ1v) is 13.7. The second-order valence-corrected chi connectivity index (χ2v) is 11.1. The summed E-state index contributed by atoms with van der Waals surface area (Å²) >= 11 is 0. The summed E-state index contributed by atoms with van der Waals surface area (Å²) in [7, 11) is 0. The largest absolute Gasteiger partial charge is 0.464 e. The smallest absolute Gasteiger partial charge is 0.407 e. The Kier molecular flexibility index (Phi) is 10.4. The van der Waals surface area contributed by atoms with Crippen LogP contribution >= 0.6 is 0 Å². The van der Waals surface area contributed by atoms with Gasteiger partial charge in [0.25, 0.3) is 0 Å². The molecule has 3 aliphatic rings. The number of rotatable bonds is 11. The molecule has 2 unspecified atom stereocenters. The summed E-state index contributed by atoms with van der Waals surface area (Å²) in [5.74, 6) is 7.68. The van der Waals surface area contributed by atoms with Crippen LogP contribution < -0.4 is 5.32 Å². The molecule has 0 spiro atoms. The van der Waals surface area contributed by atoms with Gasteiger partial charge in [-0.25, -0.2) is 4.79 Å². The molecule has 9 heteroatoms. The van der Waals surface area contributed by atoms with Gasteiger partial charge < -0.3 is 19.7 Å². The first kappa shape index (κ1) is 29.0. The number of nitrogens with zero attached hydrogens (tertiary/aromatic N) is 2. The van der Waals surface area contributed by atoms with Gasteiger partial charge in [0, 0.05) is 57.8 Å². The maximum atomic E-state index is 12.8. The van der Waals surface area contributed by atoms with Crippen molar-refractivity contribution in [2.45, 2.75) is 72.3 Å². The third kappa shape index (κ3) is 8.46. The molecule has 0 aromatic heterocycles. The number of carbonyl (C=O) groups is 4. The lowest BCUT2D eigenvalue weighted by atomic mass is 9.85. The Morgan fingerprint density at radius 1 is 1.00 bits per heavy atom. The zero-order valence-electron chi connectivity index (χ0n) is 22.8. The number of ether oxygens (including phenoxy) is 2. The minimum Gasteiger partial charge on any atom is -0.464 e. The number of alkyl carbamates (subject to hydrolysis) is 1.